The molecule has 0 spiro atoms. The molecule has 88 valence electrons. The Hall–Kier alpha value is -1.76. The van der Waals surface area contributed by atoms with Gasteiger partial charge in [-0.25, -0.2) is 4.68 Å². The lowest BCUT2D eigenvalue weighted by molar-refractivity contribution is 0.897. The number of hydrogen-bond donors (Lipinski definition) is 0. The summed E-state index contributed by atoms with van der Waals surface area (Å²) in [5.41, 5.74) is 2.39. The summed E-state index contributed by atoms with van der Waals surface area (Å²) in [6.45, 7) is 0. The maximum atomic E-state index is 10.4. The Labute approximate surface area is 117 Å². The molecule has 0 radical (unpaired) electrons. The fraction of sp³-hybridized carbons (Fsp3) is 0. The Bertz CT molecular complexity index is 719. The highest BCUT2D eigenvalue weighted by Gasteiger charge is 2.08. The van der Waals surface area contributed by atoms with Crippen molar-refractivity contribution >= 4 is 39.2 Å². The Kier molecular flexibility index (Phi) is 2.83. The molecule has 3 aromatic rings. The van der Waals surface area contributed by atoms with Crippen LogP contribution in [0.5, 0.6) is 0 Å². The molecule has 0 unspecified atom stereocenters. The molecule has 0 aliphatic heterocycles. The zero-order valence-corrected chi connectivity index (χ0v) is 11.4. The van der Waals surface area contributed by atoms with Crippen LogP contribution >= 0.6 is 22.6 Å². The van der Waals surface area contributed by atoms with Crippen molar-refractivity contribution in [2.75, 3.05) is 0 Å². The summed E-state index contributed by atoms with van der Waals surface area (Å²) in [4.78, 5) is 10.4. The molecule has 0 aliphatic carbocycles. The smallest absolute Gasteiger partial charge is 0.131 e. The zero-order valence-electron chi connectivity index (χ0n) is 9.25. The van der Waals surface area contributed by atoms with Gasteiger partial charge < -0.3 is 0 Å². The Balaban J connectivity index is 2.21. The van der Waals surface area contributed by atoms with Crippen molar-refractivity contribution in [3.05, 3.63) is 57.1 Å². The summed E-state index contributed by atoms with van der Waals surface area (Å²) < 4.78 is 2.83. The lowest BCUT2D eigenvalue weighted by Gasteiger charge is -2.02. The van der Waals surface area contributed by atoms with Crippen LogP contribution in [0.25, 0.3) is 16.6 Å². The van der Waals surface area contributed by atoms with E-state index in [1.807, 2.05) is 41.1 Å². The monoisotopic (exact) mass is 349 g/mol. The van der Waals surface area contributed by atoms with Crippen molar-refractivity contribution in [2.45, 2.75) is 0 Å². The van der Waals surface area contributed by atoms with Gasteiger partial charge in [0.25, 0.3) is 0 Å². The molecule has 0 saturated heterocycles. The average molecular weight is 349 g/mol. The van der Waals surface area contributed by atoms with Gasteiger partial charge in [0.05, 0.1) is 11.2 Å². The highest BCUT2D eigenvalue weighted by atomic mass is 127. The first-order valence-corrected chi connectivity index (χ1v) is 6.44. The van der Waals surface area contributed by atoms with Crippen molar-refractivity contribution in [1.82, 2.24) is 9.78 Å². The van der Waals surface area contributed by atoms with E-state index in [4.69, 9.17) is 0 Å². The largest absolute Gasteiger partial charge is 0.232 e. The number of aromatic nitrogens is 2. The van der Waals surface area contributed by atoms with Crippen molar-refractivity contribution in [2.24, 2.45) is 5.18 Å². The fourth-order valence-corrected chi connectivity index (χ4v) is 2.55. The number of hydrogen-bond acceptors (Lipinski definition) is 3. The minimum absolute atomic E-state index is 0.421. The SMILES string of the molecule is O=Nc1ccc(-n2nc(I)c3ccccc32)cc1. The van der Waals surface area contributed by atoms with Gasteiger partial charge in [-0.1, -0.05) is 18.2 Å². The molecule has 5 heteroatoms. The molecule has 1 aromatic heterocycles. The first-order chi connectivity index (χ1) is 8.79. The van der Waals surface area contributed by atoms with E-state index in [1.54, 1.807) is 12.1 Å². The molecule has 1 heterocycles. The number of para-hydroxylation sites is 1. The third-order valence-electron chi connectivity index (χ3n) is 2.74. The summed E-state index contributed by atoms with van der Waals surface area (Å²) in [5, 5.41) is 8.52. The molecule has 0 N–H and O–H groups in total. The number of rotatable bonds is 2. The van der Waals surface area contributed by atoms with E-state index in [9.17, 15) is 4.91 Å². The maximum Gasteiger partial charge on any atom is 0.131 e. The van der Waals surface area contributed by atoms with Gasteiger partial charge in [-0.05, 0) is 58.1 Å². The number of nitrogens with zero attached hydrogens (tertiary/aromatic N) is 3. The molecule has 3 rings (SSSR count). The average Bonchev–Trinajstić information content (AvgIpc) is 2.77. The molecule has 4 nitrogen and oxygen atoms in total. The Morgan fingerprint density at radius 2 is 1.78 bits per heavy atom. The predicted molar refractivity (Wildman–Crippen MR) is 79.2 cm³/mol. The van der Waals surface area contributed by atoms with Crippen LogP contribution in [0.2, 0.25) is 0 Å². The third kappa shape index (κ3) is 1.80. The minimum atomic E-state index is 0.421. The maximum absolute atomic E-state index is 10.4. The van der Waals surface area contributed by atoms with E-state index in [1.165, 1.54) is 0 Å². The van der Waals surface area contributed by atoms with E-state index < -0.39 is 0 Å². The Morgan fingerprint density at radius 3 is 2.50 bits per heavy atom. The van der Waals surface area contributed by atoms with Gasteiger partial charge in [0, 0.05) is 5.39 Å². The normalized spacial score (nSPS) is 10.7. The van der Waals surface area contributed by atoms with Crippen molar-refractivity contribution < 1.29 is 0 Å². The second kappa shape index (κ2) is 4.49. The highest BCUT2D eigenvalue weighted by Crippen LogP contribution is 2.24. The van der Waals surface area contributed by atoms with Crippen LogP contribution in [0.4, 0.5) is 5.69 Å². The van der Waals surface area contributed by atoms with E-state index in [0.29, 0.717) is 5.69 Å². The standard InChI is InChI=1S/C13H8IN3O/c14-13-11-3-1-2-4-12(11)17(15-13)10-7-5-9(16-18)6-8-10/h1-8H. The second-order valence-electron chi connectivity index (χ2n) is 3.83. The van der Waals surface area contributed by atoms with Gasteiger partial charge in [-0.15, -0.1) is 4.91 Å². The lowest BCUT2D eigenvalue weighted by Crippen LogP contribution is -1.95. The number of halogens is 1. The fourth-order valence-electron chi connectivity index (χ4n) is 1.88. The minimum Gasteiger partial charge on any atom is -0.232 e. The van der Waals surface area contributed by atoms with E-state index >= 15 is 0 Å². The van der Waals surface area contributed by atoms with Gasteiger partial charge in [0.2, 0.25) is 0 Å². The summed E-state index contributed by atoms with van der Waals surface area (Å²) in [5.74, 6) is 0. The van der Waals surface area contributed by atoms with Crippen LogP contribution in [0, 0.1) is 8.61 Å². The van der Waals surface area contributed by atoms with Gasteiger partial charge in [0.15, 0.2) is 0 Å². The van der Waals surface area contributed by atoms with Crippen LogP contribution in [0.15, 0.2) is 53.7 Å². The van der Waals surface area contributed by atoms with Crippen LogP contribution in [-0.4, -0.2) is 9.78 Å². The van der Waals surface area contributed by atoms with Gasteiger partial charge >= 0.3 is 0 Å². The molecular weight excluding hydrogens is 341 g/mol. The Morgan fingerprint density at radius 1 is 1.06 bits per heavy atom. The van der Waals surface area contributed by atoms with Crippen molar-refractivity contribution in [3.8, 4) is 5.69 Å². The van der Waals surface area contributed by atoms with Gasteiger partial charge in [-0.2, -0.15) is 5.10 Å². The van der Waals surface area contributed by atoms with Gasteiger partial charge in [0.1, 0.15) is 9.39 Å². The summed E-state index contributed by atoms with van der Waals surface area (Å²) in [6, 6.07) is 15.1. The molecule has 0 bridgehead atoms. The molecule has 0 aliphatic rings. The second-order valence-corrected chi connectivity index (χ2v) is 4.85. The van der Waals surface area contributed by atoms with E-state index in [0.717, 1.165) is 20.3 Å². The van der Waals surface area contributed by atoms with Crippen LogP contribution < -0.4 is 0 Å². The number of nitroso groups, excluding NO2 is 1. The molecule has 0 amide bonds. The summed E-state index contributed by atoms with van der Waals surface area (Å²) >= 11 is 2.22. The molecule has 18 heavy (non-hydrogen) atoms. The van der Waals surface area contributed by atoms with Gasteiger partial charge in [-0.3, -0.25) is 0 Å². The van der Waals surface area contributed by atoms with Crippen molar-refractivity contribution in [3.63, 3.8) is 0 Å². The quantitative estimate of drug-likeness (QED) is 0.518. The molecule has 0 fully saturated rings. The summed E-state index contributed by atoms with van der Waals surface area (Å²) in [7, 11) is 0. The predicted octanol–water partition coefficient (Wildman–Crippen LogP) is 4.03. The lowest BCUT2D eigenvalue weighted by atomic mass is 10.2. The first-order valence-electron chi connectivity index (χ1n) is 5.36. The third-order valence-corrected chi connectivity index (χ3v) is 3.54. The molecule has 2 aromatic carbocycles. The number of benzene rings is 2. The van der Waals surface area contributed by atoms with Crippen LogP contribution in [0.1, 0.15) is 0 Å². The number of fused-ring (bicyclic) bond motifs is 1. The van der Waals surface area contributed by atoms with Crippen LogP contribution in [-0.2, 0) is 0 Å². The van der Waals surface area contributed by atoms with Crippen LogP contribution in [0.3, 0.4) is 0 Å². The van der Waals surface area contributed by atoms with E-state index in [-0.39, 0.29) is 0 Å². The molecule has 0 atom stereocenters. The molecule has 0 saturated carbocycles. The zero-order chi connectivity index (χ0) is 12.5. The highest BCUT2D eigenvalue weighted by molar-refractivity contribution is 14.1. The first kappa shape index (κ1) is 11.3. The topological polar surface area (TPSA) is 47.2 Å². The molecular formula is C13H8IN3O. The van der Waals surface area contributed by atoms with E-state index in [2.05, 4.69) is 32.9 Å². The van der Waals surface area contributed by atoms with Crippen molar-refractivity contribution in [1.29, 1.82) is 0 Å². The summed E-state index contributed by atoms with van der Waals surface area (Å²) in [6.07, 6.45) is 0.